The maximum Gasteiger partial charge on any atom is 0.157 e. The highest BCUT2D eigenvalue weighted by molar-refractivity contribution is 8.14. The Labute approximate surface area is 114 Å². The molecular weight excluding hydrogens is 244 g/mol. The molecule has 1 saturated carbocycles. The van der Waals surface area contributed by atoms with Crippen LogP contribution in [0.1, 0.15) is 39.0 Å². The fourth-order valence-electron chi connectivity index (χ4n) is 3.32. The Balaban J connectivity index is 1.52. The normalized spacial score (nSPS) is 37.3. The van der Waals surface area contributed by atoms with Crippen molar-refractivity contribution < 1.29 is 4.74 Å². The van der Waals surface area contributed by atoms with Gasteiger partial charge in [-0.15, -0.1) is 0 Å². The molecule has 2 saturated heterocycles. The Kier molecular flexibility index (Phi) is 3.85. The van der Waals surface area contributed by atoms with Crippen molar-refractivity contribution in [2.45, 2.75) is 44.6 Å². The van der Waals surface area contributed by atoms with Crippen LogP contribution in [0.3, 0.4) is 0 Å². The van der Waals surface area contributed by atoms with E-state index in [4.69, 9.17) is 9.73 Å². The minimum Gasteiger partial charge on any atom is -0.381 e. The standard InChI is InChI=1S/C14H24N2OS/c1-11-2-3-12(8-11)9-15-13-16-14(10-18-13)4-6-17-7-5-14/h11-12H,2-10H2,1H3,(H,15,16). The van der Waals surface area contributed by atoms with E-state index in [0.29, 0.717) is 5.54 Å². The fourth-order valence-corrected chi connectivity index (χ4v) is 4.55. The van der Waals surface area contributed by atoms with Crippen LogP contribution >= 0.6 is 11.8 Å². The van der Waals surface area contributed by atoms with Gasteiger partial charge < -0.3 is 10.1 Å². The Bertz CT molecular complexity index is 326. The van der Waals surface area contributed by atoms with E-state index in [0.717, 1.165) is 44.4 Å². The van der Waals surface area contributed by atoms with Gasteiger partial charge in [0.2, 0.25) is 0 Å². The first-order valence-electron chi connectivity index (χ1n) is 7.29. The molecule has 18 heavy (non-hydrogen) atoms. The predicted octanol–water partition coefficient (Wildman–Crippen LogP) is 2.66. The zero-order valence-corrected chi connectivity index (χ0v) is 12.1. The minimum absolute atomic E-state index is 0.296. The third kappa shape index (κ3) is 2.85. The Hall–Kier alpha value is -0.220. The summed E-state index contributed by atoms with van der Waals surface area (Å²) in [6, 6.07) is 0. The molecule has 0 aromatic carbocycles. The van der Waals surface area contributed by atoms with Crippen LogP contribution in [-0.4, -0.2) is 36.2 Å². The molecule has 0 aromatic heterocycles. The van der Waals surface area contributed by atoms with Gasteiger partial charge in [0.05, 0.1) is 5.54 Å². The molecule has 3 fully saturated rings. The van der Waals surface area contributed by atoms with Crippen LogP contribution < -0.4 is 5.32 Å². The molecule has 3 rings (SSSR count). The van der Waals surface area contributed by atoms with Gasteiger partial charge in [-0.3, -0.25) is 4.99 Å². The molecule has 1 N–H and O–H groups in total. The van der Waals surface area contributed by atoms with Crippen LogP contribution in [0.5, 0.6) is 0 Å². The lowest BCUT2D eigenvalue weighted by Crippen LogP contribution is -2.48. The van der Waals surface area contributed by atoms with Crippen molar-refractivity contribution >= 4 is 16.9 Å². The highest BCUT2D eigenvalue weighted by atomic mass is 32.2. The molecule has 0 bridgehead atoms. The second kappa shape index (κ2) is 5.41. The van der Waals surface area contributed by atoms with Gasteiger partial charge in [0, 0.05) is 25.5 Å². The lowest BCUT2D eigenvalue weighted by atomic mass is 9.93. The molecule has 2 atom stereocenters. The molecule has 4 heteroatoms. The predicted molar refractivity (Wildman–Crippen MR) is 77.2 cm³/mol. The maximum absolute atomic E-state index is 5.46. The van der Waals surface area contributed by atoms with E-state index >= 15 is 0 Å². The number of nitrogens with one attached hydrogen (secondary N) is 1. The van der Waals surface area contributed by atoms with Gasteiger partial charge in [0.15, 0.2) is 5.17 Å². The minimum atomic E-state index is 0.296. The van der Waals surface area contributed by atoms with Gasteiger partial charge in [0.25, 0.3) is 0 Å². The summed E-state index contributed by atoms with van der Waals surface area (Å²) in [6.07, 6.45) is 6.43. The summed E-state index contributed by atoms with van der Waals surface area (Å²) in [6.45, 7) is 5.21. The third-order valence-corrected chi connectivity index (χ3v) is 5.81. The number of hydrogen-bond acceptors (Lipinski definition) is 3. The summed E-state index contributed by atoms with van der Waals surface area (Å²) < 4.78 is 5.46. The topological polar surface area (TPSA) is 33.6 Å². The molecule has 2 heterocycles. The van der Waals surface area contributed by atoms with Crippen LogP contribution in [0.25, 0.3) is 0 Å². The van der Waals surface area contributed by atoms with Crippen molar-refractivity contribution in [3.63, 3.8) is 0 Å². The molecule has 0 amide bonds. The third-order valence-electron chi connectivity index (χ3n) is 4.60. The zero-order chi connectivity index (χ0) is 12.4. The number of rotatable bonds is 2. The Morgan fingerprint density at radius 2 is 2.22 bits per heavy atom. The molecule has 2 aliphatic heterocycles. The first-order chi connectivity index (χ1) is 8.76. The highest BCUT2D eigenvalue weighted by Gasteiger charge is 2.38. The molecule has 2 unspecified atom stereocenters. The van der Waals surface area contributed by atoms with Crippen molar-refractivity contribution in [3.05, 3.63) is 0 Å². The number of aliphatic imine (C=N–C) groups is 1. The van der Waals surface area contributed by atoms with Gasteiger partial charge >= 0.3 is 0 Å². The van der Waals surface area contributed by atoms with E-state index in [1.165, 1.54) is 30.2 Å². The molecule has 1 spiro atoms. The average Bonchev–Trinajstić information content (AvgIpc) is 2.96. The summed E-state index contributed by atoms with van der Waals surface area (Å²) in [7, 11) is 0. The SMILES string of the molecule is CC1CCC(CN=C2NC3(CCOCC3)CS2)C1. The summed E-state index contributed by atoms with van der Waals surface area (Å²) in [5.74, 6) is 2.93. The van der Waals surface area contributed by atoms with E-state index in [-0.39, 0.29) is 0 Å². The van der Waals surface area contributed by atoms with E-state index < -0.39 is 0 Å². The van der Waals surface area contributed by atoms with Crippen LogP contribution in [0.4, 0.5) is 0 Å². The maximum atomic E-state index is 5.46. The largest absolute Gasteiger partial charge is 0.381 e. The number of ether oxygens (including phenoxy) is 1. The van der Waals surface area contributed by atoms with Gasteiger partial charge in [0.1, 0.15) is 0 Å². The van der Waals surface area contributed by atoms with Crippen molar-refractivity contribution in [2.75, 3.05) is 25.5 Å². The zero-order valence-electron chi connectivity index (χ0n) is 11.3. The average molecular weight is 268 g/mol. The Morgan fingerprint density at radius 3 is 2.94 bits per heavy atom. The van der Waals surface area contributed by atoms with Crippen molar-refractivity contribution in [3.8, 4) is 0 Å². The summed E-state index contributed by atoms with van der Waals surface area (Å²) >= 11 is 1.92. The molecule has 3 aliphatic rings. The second-order valence-corrected chi connectivity index (χ2v) is 7.20. The van der Waals surface area contributed by atoms with E-state index in [2.05, 4.69) is 12.2 Å². The van der Waals surface area contributed by atoms with Gasteiger partial charge in [-0.2, -0.15) is 0 Å². The van der Waals surface area contributed by atoms with Gasteiger partial charge in [-0.05, 0) is 37.5 Å². The number of thioether (sulfide) groups is 1. The van der Waals surface area contributed by atoms with Crippen LogP contribution in [-0.2, 0) is 4.74 Å². The summed E-state index contributed by atoms with van der Waals surface area (Å²) in [4.78, 5) is 4.82. The van der Waals surface area contributed by atoms with E-state index in [1.807, 2.05) is 11.8 Å². The molecule has 0 radical (unpaired) electrons. The van der Waals surface area contributed by atoms with Crippen LogP contribution in [0.15, 0.2) is 4.99 Å². The quantitative estimate of drug-likeness (QED) is 0.836. The highest BCUT2D eigenvalue weighted by Crippen LogP contribution is 2.33. The lowest BCUT2D eigenvalue weighted by molar-refractivity contribution is 0.0555. The lowest BCUT2D eigenvalue weighted by Gasteiger charge is -2.32. The van der Waals surface area contributed by atoms with E-state index in [1.54, 1.807) is 0 Å². The Morgan fingerprint density at radius 1 is 1.39 bits per heavy atom. The van der Waals surface area contributed by atoms with Crippen molar-refractivity contribution in [1.29, 1.82) is 0 Å². The number of hydrogen-bond donors (Lipinski definition) is 1. The molecule has 3 nitrogen and oxygen atoms in total. The first kappa shape index (κ1) is 12.8. The molecule has 1 aliphatic carbocycles. The summed E-state index contributed by atoms with van der Waals surface area (Å²) in [5, 5.41) is 4.87. The van der Waals surface area contributed by atoms with Gasteiger partial charge in [-0.1, -0.05) is 25.1 Å². The molecule has 0 aromatic rings. The monoisotopic (exact) mass is 268 g/mol. The fraction of sp³-hybridized carbons (Fsp3) is 0.929. The summed E-state index contributed by atoms with van der Waals surface area (Å²) in [5.41, 5.74) is 0.296. The molecule has 102 valence electrons. The smallest absolute Gasteiger partial charge is 0.157 e. The number of nitrogens with zero attached hydrogens (tertiary/aromatic N) is 1. The second-order valence-electron chi connectivity index (χ2n) is 6.24. The van der Waals surface area contributed by atoms with Crippen molar-refractivity contribution in [2.24, 2.45) is 16.8 Å². The van der Waals surface area contributed by atoms with E-state index in [9.17, 15) is 0 Å². The van der Waals surface area contributed by atoms with Crippen molar-refractivity contribution in [1.82, 2.24) is 5.32 Å². The van der Waals surface area contributed by atoms with Crippen LogP contribution in [0.2, 0.25) is 0 Å². The first-order valence-corrected chi connectivity index (χ1v) is 8.27. The molecular formula is C14H24N2OS. The number of amidine groups is 1. The van der Waals surface area contributed by atoms with Crippen LogP contribution in [0, 0.1) is 11.8 Å². The van der Waals surface area contributed by atoms with Gasteiger partial charge in [-0.25, -0.2) is 0 Å².